The van der Waals surface area contributed by atoms with Crippen LogP contribution in [0.2, 0.25) is 0 Å². The first kappa shape index (κ1) is 12.8. The molecular formula is C10H19N3O3. The lowest BCUT2D eigenvalue weighted by molar-refractivity contribution is -0.143. The van der Waals surface area contributed by atoms with Gasteiger partial charge in [0.1, 0.15) is 0 Å². The smallest absolute Gasteiger partial charge is 0.329 e. The molecule has 1 aliphatic carbocycles. The van der Waals surface area contributed by atoms with Crippen LogP contribution in [0.15, 0.2) is 0 Å². The predicted molar refractivity (Wildman–Crippen MR) is 58.7 cm³/mol. The molecule has 1 fully saturated rings. The predicted octanol–water partition coefficient (Wildman–Crippen LogP) is 0.406. The normalized spacial score (nSPS) is 25.2. The quantitative estimate of drug-likeness (QED) is 0.612. The van der Waals surface area contributed by atoms with E-state index >= 15 is 0 Å². The third-order valence-electron chi connectivity index (χ3n) is 2.72. The average molecular weight is 229 g/mol. The second-order valence-electron chi connectivity index (χ2n) is 4.32. The Kier molecular flexibility index (Phi) is 4.54. The molecule has 1 saturated carbocycles. The highest BCUT2D eigenvalue weighted by atomic mass is 16.4. The minimum Gasteiger partial charge on any atom is -0.481 e. The van der Waals surface area contributed by atoms with Crippen molar-refractivity contribution in [3.8, 4) is 0 Å². The Labute approximate surface area is 95.0 Å². The van der Waals surface area contributed by atoms with Crippen LogP contribution in [0.5, 0.6) is 0 Å². The Bertz CT molecular complexity index is 268. The molecule has 2 unspecified atom stereocenters. The number of hydrogen-bond donors (Lipinski definition) is 3. The number of amides is 2. The molecule has 92 valence electrons. The molecule has 2 atom stereocenters. The van der Waals surface area contributed by atoms with E-state index in [0.29, 0.717) is 6.42 Å². The van der Waals surface area contributed by atoms with E-state index in [2.05, 4.69) is 10.7 Å². The zero-order valence-electron chi connectivity index (χ0n) is 9.69. The van der Waals surface area contributed by atoms with Gasteiger partial charge in [-0.1, -0.05) is 12.8 Å². The first-order valence-electron chi connectivity index (χ1n) is 5.48. The van der Waals surface area contributed by atoms with E-state index in [-0.39, 0.29) is 12.1 Å². The Hall–Kier alpha value is -1.30. The maximum atomic E-state index is 11.4. The summed E-state index contributed by atoms with van der Waals surface area (Å²) in [6, 6.07) is -0.602. The Balaban J connectivity index is 2.49. The van der Waals surface area contributed by atoms with Crippen molar-refractivity contribution in [3.05, 3.63) is 0 Å². The number of nitrogens with one attached hydrogen (secondary N) is 2. The standard InChI is InChI=1S/C10H19N3O3/c1-13(2)12-10(16)11-8-6-4-3-5-7(8)9(14)15/h7-8H,3-6H2,1-2H3,(H,14,15)(H2,11,12,16). The summed E-state index contributed by atoms with van der Waals surface area (Å²) in [5.74, 6) is -1.28. The minimum atomic E-state index is -0.824. The Morgan fingerprint density at radius 3 is 2.44 bits per heavy atom. The first-order chi connectivity index (χ1) is 7.50. The highest BCUT2D eigenvalue weighted by molar-refractivity contribution is 5.76. The molecule has 0 aromatic rings. The van der Waals surface area contributed by atoms with Crippen LogP contribution in [0.25, 0.3) is 0 Å². The topological polar surface area (TPSA) is 81.7 Å². The lowest BCUT2D eigenvalue weighted by atomic mass is 9.84. The van der Waals surface area contributed by atoms with E-state index < -0.39 is 11.9 Å². The molecule has 1 rings (SSSR count). The summed E-state index contributed by atoms with van der Waals surface area (Å²) >= 11 is 0. The van der Waals surface area contributed by atoms with Gasteiger partial charge in [0, 0.05) is 20.1 Å². The van der Waals surface area contributed by atoms with E-state index in [1.807, 2.05) is 0 Å². The number of aliphatic carboxylic acids is 1. The first-order valence-corrected chi connectivity index (χ1v) is 5.48. The zero-order chi connectivity index (χ0) is 12.1. The van der Waals surface area contributed by atoms with Crippen molar-refractivity contribution in [2.45, 2.75) is 31.7 Å². The van der Waals surface area contributed by atoms with Crippen LogP contribution in [-0.2, 0) is 4.79 Å². The van der Waals surface area contributed by atoms with Gasteiger partial charge in [0.2, 0.25) is 0 Å². The lowest BCUT2D eigenvalue weighted by Crippen LogP contribution is -2.51. The Morgan fingerprint density at radius 2 is 1.88 bits per heavy atom. The largest absolute Gasteiger partial charge is 0.481 e. The molecule has 6 nitrogen and oxygen atoms in total. The third kappa shape index (κ3) is 3.69. The number of carboxylic acids is 1. The van der Waals surface area contributed by atoms with Crippen molar-refractivity contribution in [2.75, 3.05) is 14.1 Å². The fraction of sp³-hybridized carbons (Fsp3) is 0.800. The fourth-order valence-electron chi connectivity index (χ4n) is 2.00. The zero-order valence-corrected chi connectivity index (χ0v) is 9.69. The molecule has 0 aliphatic heterocycles. The van der Waals surface area contributed by atoms with Crippen LogP contribution in [0.1, 0.15) is 25.7 Å². The lowest BCUT2D eigenvalue weighted by Gasteiger charge is -2.29. The number of hydrazine groups is 1. The highest BCUT2D eigenvalue weighted by Crippen LogP contribution is 2.24. The molecule has 0 aromatic heterocycles. The van der Waals surface area contributed by atoms with E-state index in [0.717, 1.165) is 19.3 Å². The molecule has 16 heavy (non-hydrogen) atoms. The molecule has 0 heterocycles. The van der Waals surface area contributed by atoms with Gasteiger partial charge < -0.3 is 10.4 Å². The van der Waals surface area contributed by atoms with Crippen LogP contribution in [0.4, 0.5) is 4.79 Å². The minimum absolute atomic E-state index is 0.258. The van der Waals surface area contributed by atoms with Gasteiger partial charge in [0.05, 0.1) is 5.92 Å². The molecule has 0 saturated heterocycles. The van der Waals surface area contributed by atoms with E-state index in [9.17, 15) is 9.59 Å². The molecule has 2 amide bonds. The van der Waals surface area contributed by atoms with Crippen LogP contribution in [0, 0.1) is 5.92 Å². The maximum Gasteiger partial charge on any atom is 0.329 e. The van der Waals surface area contributed by atoms with Crippen LogP contribution >= 0.6 is 0 Å². The van der Waals surface area contributed by atoms with Crippen molar-refractivity contribution < 1.29 is 14.7 Å². The molecule has 1 aliphatic rings. The second-order valence-corrected chi connectivity index (χ2v) is 4.32. The van der Waals surface area contributed by atoms with Crippen molar-refractivity contribution in [2.24, 2.45) is 5.92 Å². The number of hydrogen-bond acceptors (Lipinski definition) is 3. The summed E-state index contributed by atoms with van der Waals surface area (Å²) < 4.78 is 0. The van der Waals surface area contributed by atoms with Gasteiger partial charge in [-0.15, -0.1) is 0 Å². The van der Waals surface area contributed by atoms with Crippen LogP contribution in [0.3, 0.4) is 0 Å². The van der Waals surface area contributed by atoms with Crippen molar-refractivity contribution in [1.29, 1.82) is 0 Å². The van der Waals surface area contributed by atoms with Crippen LogP contribution in [-0.4, -0.2) is 42.3 Å². The summed E-state index contributed by atoms with van der Waals surface area (Å²) in [4.78, 5) is 22.4. The molecule has 0 aromatic carbocycles. The monoisotopic (exact) mass is 229 g/mol. The van der Waals surface area contributed by atoms with Crippen molar-refractivity contribution in [3.63, 3.8) is 0 Å². The molecule has 6 heteroatoms. The molecule has 0 bridgehead atoms. The number of carbonyl (C=O) groups excluding carboxylic acids is 1. The summed E-state index contributed by atoms with van der Waals surface area (Å²) in [5, 5.41) is 13.3. The van der Waals surface area contributed by atoms with Gasteiger partial charge in [-0.25, -0.2) is 9.80 Å². The number of carboxylic acid groups (broad SMARTS) is 1. The summed E-state index contributed by atoms with van der Waals surface area (Å²) in [6.45, 7) is 0. The second kappa shape index (κ2) is 5.69. The van der Waals surface area contributed by atoms with Gasteiger partial charge in [0.25, 0.3) is 0 Å². The third-order valence-corrected chi connectivity index (χ3v) is 2.72. The SMILES string of the molecule is CN(C)NC(=O)NC1CCCCC1C(=O)O. The average Bonchev–Trinajstić information content (AvgIpc) is 2.16. The summed E-state index contributed by atoms with van der Waals surface area (Å²) in [6.07, 6.45) is 3.27. The van der Waals surface area contributed by atoms with Gasteiger partial charge in [-0.2, -0.15) is 0 Å². The Morgan fingerprint density at radius 1 is 1.25 bits per heavy atom. The van der Waals surface area contributed by atoms with Crippen molar-refractivity contribution >= 4 is 12.0 Å². The highest BCUT2D eigenvalue weighted by Gasteiger charge is 2.31. The van der Waals surface area contributed by atoms with Gasteiger partial charge in [-0.3, -0.25) is 10.2 Å². The van der Waals surface area contributed by atoms with E-state index in [1.165, 1.54) is 5.01 Å². The van der Waals surface area contributed by atoms with Gasteiger partial charge in [0.15, 0.2) is 0 Å². The maximum absolute atomic E-state index is 11.4. The number of rotatable bonds is 3. The molecule has 0 spiro atoms. The number of carbonyl (C=O) groups is 2. The molecule has 3 N–H and O–H groups in total. The number of nitrogens with zero attached hydrogens (tertiary/aromatic N) is 1. The van der Waals surface area contributed by atoms with E-state index in [4.69, 9.17) is 5.11 Å². The summed E-state index contributed by atoms with van der Waals surface area (Å²) in [7, 11) is 3.41. The molecular weight excluding hydrogens is 210 g/mol. The van der Waals surface area contributed by atoms with Crippen LogP contribution < -0.4 is 10.7 Å². The summed E-state index contributed by atoms with van der Waals surface area (Å²) in [5.41, 5.74) is 2.54. The van der Waals surface area contributed by atoms with E-state index in [1.54, 1.807) is 14.1 Å². The fourth-order valence-corrected chi connectivity index (χ4v) is 2.00. The number of urea groups is 1. The molecule has 0 radical (unpaired) electrons. The van der Waals surface area contributed by atoms with Crippen molar-refractivity contribution in [1.82, 2.24) is 15.8 Å². The van der Waals surface area contributed by atoms with Gasteiger partial charge in [-0.05, 0) is 12.8 Å². The van der Waals surface area contributed by atoms with Gasteiger partial charge >= 0.3 is 12.0 Å².